The molecule has 3 aromatic rings. The van der Waals surface area contributed by atoms with E-state index in [2.05, 4.69) is 21.3 Å². The van der Waals surface area contributed by atoms with Gasteiger partial charge in [-0.3, -0.25) is 9.59 Å². The first kappa shape index (κ1) is 23.3. The molecule has 4 amide bonds. The number of anilines is 3. The van der Waals surface area contributed by atoms with Gasteiger partial charge in [0.2, 0.25) is 11.8 Å². The zero-order valence-corrected chi connectivity index (χ0v) is 18.9. The average molecular weight is 479 g/mol. The molecule has 0 aromatic heterocycles. The Kier molecular flexibility index (Phi) is 7.44. The summed E-state index contributed by atoms with van der Waals surface area (Å²) in [7, 11) is 0. The van der Waals surface area contributed by atoms with E-state index in [4.69, 9.17) is 0 Å². The number of carbonyl (C=O) groups is 3. The highest BCUT2D eigenvalue weighted by Crippen LogP contribution is 2.23. The van der Waals surface area contributed by atoms with Crippen LogP contribution < -0.4 is 21.3 Å². The van der Waals surface area contributed by atoms with E-state index < -0.39 is 6.04 Å². The number of benzene rings is 3. The van der Waals surface area contributed by atoms with E-state index in [0.717, 1.165) is 5.56 Å². The van der Waals surface area contributed by atoms with Gasteiger partial charge in [0.1, 0.15) is 11.9 Å². The van der Waals surface area contributed by atoms with Crippen LogP contribution in [0.25, 0.3) is 0 Å². The van der Waals surface area contributed by atoms with Gasteiger partial charge in [0.05, 0.1) is 5.25 Å². The average Bonchev–Trinajstić information content (AvgIpc) is 2.83. The van der Waals surface area contributed by atoms with Crippen molar-refractivity contribution in [2.45, 2.75) is 17.7 Å². The van der Waals surface area contributed by atoms with Crippen molar-refractivity contribution in [3.05, 3.63) is 90.2 Å². The van der Waals surface area contributed by atoms with Crippen LogP contribution in [0.4, 0.5) is 26.2 Å². The van der Waals surface area contributed by atoms with Crippen LogP contribution in [0.3, 0.4) is 0 Å². The second kappa shape index (κ2) is 10.8. The Balaban J connectivity index is 1.25. The molecular formula is C25H23FN4O3S. The molecule has 3 aromatic carbocycles. The van der Waals surface area contributed by atoms with Crippen LogP contribution in [0.5, 0.6) is 0 Å². The highest BCUT2D eigenvalue weighted by molar-refractivity contribution is 8.00. The van der Waals surface area contributed by atoms with Gasteiger partial charge in [-0.25, -0.2) is 9.18 Å². The number of nitrogens with one attached hydrogen (secondary N) is 4. The van der Waals surface area contributed by atoms with Crippen molar-refractivity contribution >= 4 is 46.7 Å². The van der Waals surface area contributed by atoms with Crippen LogP contribution in [-0.4, -0.2) is 34.9 Å². The largest absolute Gasteiger partial charge is 0.343 e. The van der Waals surface area contributed by atoms with Gasteiger partial charge in [0.15, 0.2) is 0 Å². The molecule has 174 valence electrons. The van der Waals surface area contributed by atoms with E-state index >= 15 is 0 Å². The van der Waals surface area contributed by atoms with Crippen LogP contribution >= 0.6 is 11.8 Å². The molecule has 34 heavy (non-hydrogen) atoms. The summed E-state index contributed by atoms with van der Waals surface area (Å²) in [5.74, 6) is -0.420. The van der Waals surface area contributed by atoms with Gasteiger partial charge in [-0.05, 0) is 60.5 Å². The molecule has 2 atom stereocenters. The van der Waals surface area contributed by atoms with Gasteiger partial charge < -0.3 is 21.3 Å². The molecule has 1 fully saturated rings. The molecule has 0 aliphatic carbocycles. The molecule has 0 saturated carbocycles. The van der Waals surface area contributed by atoms with Crippen molar-refractivity contribution in [2.24, 2.45) is 0 Å². The van der Waals surface area contributed by atoms with Crippen molar-refractivity contribution in [1.82, 2.24) is 5.32 Å². The molecule has 1 saturated heterocycles. The number of hydrogen-bond donors (Lipinski definition) is 4. The smallest absolute Gasteiger partial charge is 0.323 e. The lowest BCUT2D eigenvalue weighted by molar-refractivity contribution is -0.126. The summed E-state index contributed by atoms with van der Waals surface area (Å²) in [6.45, 7) is 0. The number of rotatable bonds is 6. The van der Waals surface area contributed by atoms with E-state index in [-0.39, 0.29) is 28.9 Å². The minimum Gasteiger partial charge on any atom is -0.343 e. The number of amides is 4. The van der Waals surface area contributed by atoms with Crippen molar-refractivity contribution in [3.63, 3.8) is 0 Å². The van der Waals surface area contributed by atoms with Crippen LogP contribution in [0, 0.1) is 5.82 Å². The Morgan fingerprint density at radius 2 is 1.44 bits per heavy atom. The summed E-state index contributed by atoms with van der Waals surface area (Å²) in [6, 6.07) is 20.8. The fraction of sp³-hybridized carbons (Fsp3) is 0.160. The monoisotopic (exact) mass is 478 g/mol. The minimum absolute atomic E-state index is 0.218. The van der Waals surface area contributed by atoms with Crippen molar-refractivity contribution in [1.29, 1.82) is 0 Å². The third-order valence-electron chi connectivity index (χ3n) is 5.17. The fourth-order valence-corrected chi connectivity index (χ4v) is 4.59. The number of urea groups is 1. The van der Waals surface area contributed by atoms with E-state index in [9.17, 15) is 18.8 Å². The molecule has 1 heterocycles. The molecule has 0 bridgehead atoms. The first-order chi connectivity index (χ1) is 16.5. The topological polar surface area (TPSA) is 99.3 Å². The third-order valence-corrected chi connectivity index (χ3v) is 6.47. The summed E-state index contributed by atoms with van der Waals surface area (Å²) in [5, 5.41) is 10.7. The molecule has 1 aliphatic heterocycles. The third kappa shape index (κ3) is 6.35. The second-order valence-corrected chi connectivity index (χ2v) is 8.96. The molecule has 0 spiro atoms. The maximum Gasteiger partial charge on any atom is 0.323 e. The minimum atomic E-state index is -0.656. The van der Waals surface area contributed by atoms with Crippen molar-refractivity contribution in [2.75, 3.05) is 21.7 Å². The van der Waals surface area contributed by atoms with Gasteiger partial charge in [-0.1, -0.05) is 30.3 Å². The first-order valence-corrected chi connectivity index (χ1v) is 11.7. The van der Waals surface area contributed by atoms with Crippen LogP contribution in [0.2, 0.25) is 0 Å². The summed E-state index contributed by atoms with van der Waals surface area (Å²) in [6.07, 6.45) is 0.470. The standard InChI is InChI=1S/C25H23FN4O3S/c26-17-8-6-16(7-9-17)14-22-24(32)30-21(15-34-22)23(31)27-19-10-12-20(13-11-19)29-25(33)28-18-4-2-1-3-5-18/h1-13,21-22H,14-15H2,(H,27,31)(H,30,32)(H2,28,29,33). The lowest BCUT2D eigenvalue weighted by Gasteiger charge is -2.28. The molecule has 2 unspecified atom stereocenters. The molecule has 1 aliphatic rings. The Morgan fingerprint density at radius 3 is 2.06 bits per heavy atom. The normalized spacial score (nSPS) is 17.4. The van der Waals surface area contributed by atoms with Crippen LogP contribution in [-0.2, 0) is 16.0 Å². The van der Waals surface area contributed by atoms with Gasteiger partial charge in [0.25, 0.3) is 0 Å². The van der Waals surface area contributed by atoms with Crippen LogP contribution in [0.1, 0.15) is 5.56 Å². The molecular weight excluding hydrogens is 455 g/mol. The Labute approximate surface area is 200 Å². The summed E-state index contributed by atoms with van der Waals surface area (Å²) in [5.41, 5.74) is 2.66. The molecule has 9 heteroatoms. The maximum atomic E-state index is 13.1. The summed E-state index contributed by atoms with van der Waals surface area (Å²) in [4.78, 5) is 37.2. The highest BCUT2D eigenvalue weighted by Gasteiger charge is 2.32. The lowest BCUT2D eigenvalue weighted by atomic mass is 10.1. The highest BCUT2D eigenvalue weighted by atomic mass is 32.2. The molecule has 4 rings (SSSR count). The zero-order chi connectivity index (χ0) is 23.9. The van der Waals surface area contributed by atoms with Crippen molar-refractivity contribution < 1.29 is 18.8 Å². The number of halogens is 1. The number of para-hydroxylation sites is 1. The number of carbonyl (C=O) groups excluding carboxylic acids is 3. The molecule has 0 radical (unpaired) electrons. The van der Waals surface area contributed by atoms with E-state index in [1.807, 2.05) is 18.2 Å². The number of thioether (sulfide) groups is 1. The molecule has 7 nitrogen and oxygen atoms in total. The van der Waals surface area contributed by atoms with Gasteiger partial charge in [-0.15, -0.1) is 11.8 Å². The lowest BCUT2D eigenvalue weighted by Crippen LogP contribution is -2.52. The van der Waals surface area contributed by atoms with Gasteiger partial charge >= 0.3 is 6.03 Å². The Morgan fingerprint density at radius 1 is 0.853 bits per heavy atom. The Hall–Kier alpha value is -3.85. The van der Waals surface area contributed by atoms with Gasteiger partial charge in [0, 0.05) is 22.8 Å². The van der Waals surface area contributed by atoms with E-state index in [1.165, 1.54) is 23.9 Å². The predicted octanol–water partition coefficient (Wildman–Crippen LogP) is 4.25. The Bertz CT molecular complexity index is 1160. The fourth-order valence-electron chi connectivity index (χ4n) is 3.40. The quantitative estimate of drug-likeness (QED) is 0.426. The molecule has 4 N–H and O–H groups in total. The second-order valence-electron chi connectivity index (χ2n) is 7.73. The zero-order valence-electron chi connectivity index (χ0n) is 18.1. The first-order valence-electron chi connectivity index (χ1n) is 10.7. The van der Waals surface area contributed by atoms with Gasteiger partial charge in [-0.2, -0.15) is 0 Å². The van der Waals surface area contributed by atoms with E-state index in [0.29, 0.717) is 29.2 Å². The predicted molar refractivity (Wildman–Crippen MR) is 132 cm³/mol. The van der Waals surface area contributed by atoms with E-state index in [1.54, 1.807) is 48.5 Å². The van der Waals surface area contributed by atoms with Crippen molar-refractivity contribution in [3.8, 4) is 0 Å². The number of hydrogen-bond acceptors (Lipinski definition) is 4. The summed E-state index contributed by atoms with van der Waals surface area (Å²) < 4.78 is 13.1. The SMILES string of the molecule is O=C(Nc1ccccc1)Nc1ccc(NC(=O)C2CSC(Cc3ccc(F)cc3)C(=O)N2)cc1. The maximum absolute atomic E-state index is 13.1. The van der Waals surface area contributed by atoms with Crippen LogP contribution in [0.15, 0.2) is 78.9 Å². The summed E-state index contributed by atoms with van der Waals surface area (Å²) >= 11 is 1.41.